The average molecular weight is 474 g/mol. The highest BCUT2D eigenvalue weighted by Crippen LogP contribution is 2.40. The number of aromatic nitrogens is 1. The summed E-state index contributed by atoms with van der Waals surface area (Å²) in [6, 6.07) is 2.85. The van der Waals surface area contributed by atoms with Gasteiger partial charge in [-0.05, 0) is 61.8 Å². The van der Waals surface area contributed by atoms with E-state index in [9.17, 15) is 14.4 Å². The molecule has 10 heteroatoms. The SMILES string of the molecule is Cc1nc(NC(=O)N2CCC[C@H]2C(N)=O)sc1-c1cc(Cl)c2c(c1)CN(CC1CC1)C2=O. The quantitative estimate of drug-likeness (QED) is 0.691. The van der Waals surface area contributed by atoms with Crippen molar-refractivity contribution in [2.24, 2.45) is 11.7 Å². The van der Waals surface area contributed by atoms with Gasteiger partial charge in [-0.2, -0.15) is 0 Å². The second-order valence-electron chi connectivity index (χ2n) is 8.74. The van der Waals surface area contributed by atoms with Gasteiger partial charge in [-0.3, -0.25) is 14.9 Å². The molecule has 8 nitrogen and oxygen atoms in total. The van der Waals surface area contributed by atoms with Gasteiger partial charge >= 0.3 is 6.03 Å². The Morgan fingerprint density at radius 1 is 1.31 bits per heavy atom. The topological polar surface area (TPSA) is 109 Å². The molecule has 1 aromatic carbocycles. The number of hydrogen-bond donors (Lipinski definition) is 2. The molecule has 2 aromatic rings. The smallest absolute Gasteiger partial charge is 0.324 e. The van der Waals surface area contributed by atoms with Crippen molar-refractivity contribution in [1.29, 1.82) is 0 Å². The number of benzene rings is 1. The molecule has 32 heavy (non-hydrogen) atoms. The minimum absolute atomic E-state index is 0.00653. The van der Waals surface area contributed by atoms with Gasteiger partial charge < -0.3 is 15.5 Å². The Balaban J connectivity index is 1.37. The molecule has 4 amide bonds. The molecule has 1 saturated heterocycles. The van der Waals surface area contributed by atoms with Gasteiger partial charge in [-0.25, -0.2) is 9.78 Å². The lowest BCUT2D eigenvalue weighted by atomic mass is 10.0. The number of carbonyl (C=O) groups is 3. The van der Waals surface area contributed by atoms with E-state index in [4.69, 9.17) is 17.3 Å². The molecule has 0 radical (unpaired) electrons. The number of rotatable bonds is 5. The van der Waals surface area contributed by atoms with Crippen molar-refractivity contribution in [2.45, 2.75) is 45.2 Å². The summed E-state index contributed by atoms with van der Waals surface area (Å²) in [4.78, 5) is 45.7. The third-order valence-electron chi connectivity index (χ3n) is 6.32. The molecule has 0 unspecified atom stereocenters. The Labute approximate surface area is 194 Å². The number of anilines is 1. The monoisotopic (exact) mass is 473 g/mol. The fraction of sp³-hybridized carbons (Fsp3) is 0.455. The number of carbonyl (C=O) groups excluding carboxylic acids is 3. The van der Waals surface area contributed by atoms with E-state index in [2.05, 4.69) is 10.3 Å². The lowest BCUT2D eigenvalue weighted by Gasteiger charge is -2.21. The number of nitrogens with two attached hydrogens (primary N) is 1. The molecule has 1 aliphatic carbocycles. The molecule has 1 saturated carbocycles. The molecule has 168 valence electrons. The second kappa shape index (κ2) is 8.04. The van der Waals surface area contributed by atoms with E-state index in [1.165, 1.54) is 29.1 Å². The van der Waals surface area contributed by atoms with E-state index in [0.717, 1.165) is 34.7 Å². The molecule has 2 aliphatic heterocycles. The molecule has 1 aromatic heterocycles. The highest BCUT2D eigenvalue weighted by Gasteiger charge is 2.35. The van der Waals surface area contributed by atoms with Gasteiger partial charge in [0.1, 0.15) is 6.04 Å². The highest BCUT2D eigenvalue weighted by molar-refractivity contribution is 7.19. The standard InChI is InChI=1S/C22H24ClN5O3S/c1-11-18(32-21(25-11)26-22(31)28-6-2-3-16(28)19(24)29)13-7-14-10-27(9-12-4-5-12)20(30)17(14)15(23)8-13/h7-8,12,16H,2-6,9-10H2,1H3,(H2,24,29)(H,25,26,31)/t16-/m0/s1. The molecule has 0 spiro atoms. The average Bonchev–Trinajstić information content (AvgIpc) is 3.14. The number of thiazole rings is 1. The van der Waals surface area contributed by atoms with Gasteiger partial charge in [0.05, 0.1) is 21.2 Å². The van der Waals surface area contributed by atoms with Gasteiger partial charge in [-0.15, -0.1) is 0 Å². The number of halogens is 1. The zero-order valence-electron chi connectivity index (χ0n) is 17.7. The molecule has 5 rings (SSSR count). The van der Waals surface area contributed by atoms with Gasteiger partial charge in [0.2, 0.25) is 5.91 Å². The molecule has 3 heterocycles. The molecule has 0 bridgehead atoms. The van der Waals surface area contributed by atoms with Crippen LogP contribution in [0.2, 0.25) is 5.02 Å². The molecular weight excluding hydrogens is 450 g/mol. The summed E-state index contributed by atoms with van der Waals surface area (Å²) < 4.78 is 0. The fourth-order valence-electron chi connectivity index (χ4n) is 4.54. The molecular formula is C22H24ClN5O3S. The predicted molar refractivity (Wildman–Crippen MR) is 123 cm³/mol. The Hall–Kier alpha value is -2.65. The lowest BCUT2D eigenvalue weighted by Crippen LogP contribution is -2.45. The normalized spacial score (nSPS) is 20.1. The van der Waals surface area contributed by atoms with E-state index in [1.54, 1.807) is 6.07 Å². The van der Waals surface area contributed by atoms with E-state index in [0.29, 0.717) is 41.1 Å². The maximum Gasteiger partial charge on any atom is 0.324 e. The fourth-order valence-corrected chi connectivity index (χ4v) is 5.80. The van der Waals surface area contributed by atoms with Crippen LogP contribution in [0, 0.1) is 12.8 Å². The summed E-state index contributed by atoms with van der Waals surface area (Å²) in [5, 5.41) is 3.69. The number of urea groups is 1. The first-order chi connectivity index (χ1) is 15.3. The van der Waals surface area contributed by atoms with Crippen LogP contribution in [0.25, 0.3) is 10.4 Å². The number of nitrogens with one attached hydrogen (secondary N) is 1. The number of hydrogen-bond acceptors (Lipinski definition) is 5. The van der Waals surface area contributed by atoms with Gasteiger partial charge in [0.25, 0.3) is 5.91 Å². The van der Waals surface area contributed by atoms with Crippen LogP contribution >= 0.6 is 22.9 Å². The summed E-state index contributed by atoms with van der Waals surface area (Å²) in [5.74, 6) is 0.130. The molecule has 1 atom stereocenters. The van der Waals surface area contributed by atoms with E-state index in [1.807, 2.05) is 17.9 Å². The van der Waals surface area contributed by atoms with Crippen molar-refractivity contribution in [2.75, 3.05) is 18.4 Å². The van der Waals surface area contributed by atoms with Crippen LogP contribution in [0.15, 0.2) is 12.1 Å². The highest BCUT2D eigenvalue weighted by atomic mass is 35.5. The van der Waals surface area contributed by atoms with E-state index in [-0.39, 0.29) is 11.9 Å². The van der Waals surface area contributed by atoms with Gasteiger partial charge in [-0.1, -0.05) is 22.9 Å². The number of nitrogens with zero attached hydrogens (tertiary/aromatic N) is 3. The summed E-state index contributed by atoms with van der Waals surface area (Å²) in [7, 11) is 0. The number of amides is 4. The first-order valence-corrected chi connectivity index (χ1v) is 12.0. The van der Waals surface area contributed by atoms with Crippen molar-refractivity contribution in [3.8, 4) is 10.4 Å². The van der Waals surface area contributed by atoms with Crippen LogP contribution in [-0.2, 0) is 11.3 Å². The first-order valence-electron chi connectivity index (χ1n) is 10.8. The van der Waals surface area contributed by atoms with Crippen molar-refractivity contribution >= 4 is 45.9 Å². The molecule has 3 aliphatic rings. The van der Waals surface area contributed by atoms with Crippen LogP contribution < -0.4 is 11.1 Å². The third kappa shape index (κ3) is 3.84. The van der Waals surface area contributed by atoms with Crippen LogP contribution in [0.3, 0.4) is 0 Å². The maximum atomic E-state index is 12.8. The number of aryl methyl sites for hydroxylation is 1. The van der Waals surface area contributed by atoms with Crippen LogP contribution in [0.4, 0.5) is 9.93 Å². The summed E-state index contributed by atoms with van der Waals surface area (Å²) in [6.45, 7) is 3.72. The van der Waals surface area contributed by atoms with E-state index < -0.39 is 11.9 Å². The molecule has 2 fully saturated rings. The number of fused-ring (bicyclic) bond motifs is 1. The van der Waals surface area contributed by atoms with Crippen LogP contribution in [0.5, 0.6) is 0 Å². The zero-order chi connectivity index (χ0) is 22.6. The largest absolute Gasteiger partial charge is 0.368 e. The third-order valence-corrected chi connectivity index (χ3v) is 7.74. The van der Waals surface area contributed by atoms with E-state index >= 15 is 0 Å². The lowest BCUT2D eigenvalue weighted by molar-refractivity contribution is -0.121. The first kappa shape index (κ1) is 21.2. The molecule has 3 N–H and O–H groups in total. The number of likely N-dealkylation sites (tertiary alicyclic amines) is 1. The second-order valence-corrected chi connectivity index (χ2v) is 10.1. The van der Waals surface area contributed by atoms with Crippen LogP contribution in [-0.4, -0.2) is 51.8 Å². The summed E-state index contributed by atoms with van der Waals surface area (Å²) in [6.07, 6.45) is 3.69. The van der Waals surface area contributed by atoms with Gasteiger partial charge in [0, 0.05) is 19.6 Å². The van der Waals surface area contributed by atoms with Crippen molar-refractivity contribution in [1.82, 2.24) is 14.8 Å². The van der Waals surface area contributed by atoms with Crippen LogP contribution in [0.1, 0.15) is 47.3 Å². The Bertz CT molecular complexity index is 1130. The summed E-state index contributed by atoms with van der Waals surface area (Å²) in [5.41, 5.74) is 8.58. The minimum Gasteiger partial charge on any atom is -0.368 e. The Morgan fingerprint density at radius 3 is 2.81 bits per heavy atom. The van der Waals surface area contributed by atoms with Gasteiger partial charge in [0.15, 0.2) is 5.13 Å². The minimum atomic E-state index is -0.581. The summed E-state index contributed by atoms with van der Waals surface area (Å²) >= 11 is 7.87. The zero-order valence-corrected chi connectivity index (χ0v) is 19.3. The number of primary amides is 1. The van der Waals surface area contributed by atoms with Crippen molar-refractivity contribution in [3.63, 3.8) is 0 Å². The van der Waals surface area contributed by atoms with Crippen molar-refractivity contribution in [3.05, 3.63) is 34.0 Å². The Kier molecular flexibility index (Phi) is 5.33. The maximum absolute atomic E-state index is 12.8. The Morgan fingerprint density at radius 2 is 2.09 bits per heavy atom. The predicted octanol–water partition coefficient (Wildman–Crippen LogP) is 3.62. The van der Waals surface area contributed by atoms with Crippen molar-refractivity contribution < 1.29 is 14.4 Å².